The van der Waals surface area contributed by atoms with Gasteiger partial charge in [-0.25, -0.2) is 0 Å². The van der Waals surface area contributed by atoms with Crippen LogP contribution in [-0.4, -0.2) is 43.8 Å². The van der Waals surface area contributed by atoms with Crippen LogP contribution in [0, 0.1) is 0 Å². The van der Waals surface area contributed by atoms with E-state index in [0.717, 1.165) is 13.1 Å². The van der Waals surface area contributed by atoms with Crippen molar-refractivity contribution in [1.82, 2.24) is 4.90 Å². The SMILES string of the molecule is COC1CCCN([C@@H](C)CN)C1. The summed E-state index contributed by atoms with van der Waals surface area (Å²) in [6.45, 7) is 5.15. The van der Waals surface area contributed by atoms with Crippen molar-refractivity contribution in [3.63, 3.8) is 0 Å². The Kier molecular flexibility index (Phi) is 3.98. The highest BCUT2D eigenvalue weighted by Gasteiger charge is 2.22. The molecule has 3 nitrogen and oxygen atoms in total. The van der Waals surface area contributed by atoms with Gasteiger partial charge in [-0.05, 0) is 26.3 Å². The fourth-order valence-electron chi connectivity index (χ4n) is 1.71. The van der Waals surface area contributed by atoms with Gasteiger partial charge < -0.3 is 10.5 Å². The Hall–Kier alpha value is -0.120. The van der Waals surface area contributed by atoms with E-state index in [1.165, 1.54) is 19.4 Å². The van der Waals surface area contributed by atoms with E-state index in [9.17, 15) is 0 Å². The molecule has 1 aliphatic rings. The zero-order chi connectivity index (χ0) is 8.97. The van der Waals surface area contributed by atoms with Gasteiger partial charge in [-0.1, -0.05) is 0 Å². The molecule has 2 N–H and O–H groups in total. The van der Waals surface area contributed by atoms with Gasteiger partial charge in [0.2, 0.25) is 0 Å². The monoisotopic (exact) mass is 172 g/mol. The number of nitrogens with two attached hydrogens (primary N) is 1. The molecule has 0 bridgehead atoms. The average molecular weight is 172 g/mol. The molecule has 0 aromatic rings. The van der Waals surface area contributed by atoms with Crippen LogP contribution in [0.1, 0.15) is 19.8 Å². The first kappa shape index (κ1) is 9.96. The van der Waals surface area contributed by atoms with Crippen molar-refractivity contribution in [3.8, 4) is 0 Å². The zero-order valence-corrected chi connectivity index (χ0v) is 8.12. The number of nitrogens with zero attached hydrogens (tertiary/aromatic N) is 1. The molecule has 2 atom stereocenters. The highest BCUT2D eigenvalue weighted by molar-refractivity contribution is 4.77. The molecular formula is C9H20N2O. The van der Waals surface area contributed by atoms with Gasteiger partial charge in [0.1, 0.15) is 0 Å². The topological polar surface area (TPSA) is 38.5 Å². The van der Waals surface area contributed by atoms with Crippen LogP contribution in [-0.2, 0) is 4.74 Å². The molecule has 72 valence electrons. The molecule has 0 spiro atoms. The summed E-state index contributed by atoms with van der Waals surface area (Å²) in [6, 6.07) is 0.503. The van der Waals surface area contributed by atoms with Crippen molar-refractivity contribution in [2.24, 2.45) is 5.73 Å². The van der Waals surface area contributed by atoms with E-state index >= 15 is 0 Å². The lowest BCUT2D eigenvalue weighted by Crippen LogP contribution is -2.46. The Morgan fingerprint density at radius 2 is 2.42 bits per heavy atom. The van der Waals surface area contributed by atoms with Gasteiger partial charge in [-0.2, -0.15) is 0 Å². The van der Waals surface area contributed by atoms with E-state index in [2.05, 4.69) is 11.8 Å². The van der Waals surface area contributed by atoms with Gasteiger partial charge in [-0.3, -0.25) is 4.90 Å². The van der Waals surface area contributed by atoms with Crippen LogP contribution in [0.15, 0.2) is 0 Å². The maximum absolute atomic E-state index is 5.61. The predicted octanol–water partition coefficient (Wildman–Crippen LogP) is 0.444. The van der Waals surface area contributed by atoms with E-state index in [4.69, 9.17) is 10.5 Å². The third-order valence-electron chi connectivity index (χ3n) is 2.71. The quantitative estimate of drug-likeness (QED) is 0.671. The summed E-state index contributed by atoms with van der Waals surface area (Å²) in [6.07, 6.45) is 2.86. The number of methoxy groups -OCH3 is 1. The third kappa shape index (κ3) is 2.44. The molecule has 1 saturated heterocycles. The van der Waals surface area contributed by atoms with Crippen LogP contribution >= 0.6 is 0 Å². The molecule has 0 saturated carbocycles. The van der Waals surface area contributed by atoms with Crippen molar-refractivity contribution in [2.45, 2.75) is 31.9 Å². The molecule has 0 aromatic carbocycles. The molecule has 1 heterocycles. The first-order valence-electron chi connectivity index (χ1n) is 4.74. The molecule has 1 unspecified atom stereocenters. The second-order valence-corrected chi connectivity index (χ2v) is 3.58. The number of hydrogen-bond donors (Lipinski definition) is 1. The van der Waals surface area contributed by atoms with Crippen molar-refractivity contribution in [3.05, 3.63) is 0 Å². The molecule has 12 heavy (non-hydrogen) atoms. The number of hydrogen-bond acceptors (Lipinski definition) is 3. The van der Waals surface area contributed by atoms with Gasteiger partial charge in [0.05, 0.1) is 6.10 Å². The van der Waals surface area contributed by atoms with E-state index < -0.39 is 0 Å². The molecular weight excluding hydrogens is 152 g/mol. The predicted molar refractivity (Wildman–Crippen MR) is 50.1 cm³/mol. The fraction of sp³-hybridized carbons (Fsp3) is 1.00. The van der Waals surface area contributed by atoms with Crippen molar-refractivity contribution in [2.75, 3.05) is 26.7 Å². The van der Waals surface area contributed by atoms with Crippen LogP contribution in [0.5, 0.6) is 0 Å². The Morgan fingerprint density at radius 3 is 3.00 bits per heavy atom. The molecule has 1 rings (SSSR count). The maximum Gasteiger partial charge on any atom is 0.0698 e. The summed E-state index contributed by atoms with van der Waals surface area (Å²) < 4.78 is 5.33. The van der Waals surface area contributed by atoms with Crippen LogP contribution in [0.3, 0.4) is 0 Å². The van der Waals surface area contributed by atoms with E-state index in [1.807, 2.05) is 0 Å². The minimum atomic E-state index is 0.424. The molecule has 0 radical (unpaired) electrons. The standard InChI is InChI=1S/C9H20N2O/c1-8(6-10)11-5-3-4-9(7-11)12-2/h8-9H,3-7,10H2,1-2H3/t8-,9?/m0/s1. The smallest absolute Gasteiger partial charge is 0.0698 e. The number of rotatable bonds is 3. The lowest BCUT2D eigenvalue weighted by Gasteiger charge is -2.35. The zero-order valence-electron chi connectivity index (χ0n) is 8.12. The summed E-state index contributed by atoms with van der Waals surface area (Å²) in [5.41, 5.74) is 5.61. The average Bonchev–Trinajstić information content (AvgIpc) is 2.17. The van der Waals surface area contributed by atoms with Crippen molar-refractivity contribution >= 4 is 0 Å². The molecule has 0 aliphatic carbocycles. The Labute approximate surface area is 74.9 Å². The lowest BCUT2D eigenvalue weighted by molar-refractivity contribution is 0.0188. The second kappa shape index (κ2) is 4.80. The fourth-order valence-corrected chi connectivity index (χ4v) is 1.71. The minimum absolute atomic E-state index is 0.424. The highest BCUT2D eigenvalue weighted by Crippen LogP contribution is 2.14. The molecule has 0 amide bonds. The summed E-state index contributed by atoms with van der Waals surface area (Å²) in [5.74, 6) is 0. The Balaban J connectivity index is 2.34. The number of likely N-dealkylation sites (tertiary alicyclic amines) is 1. The van der Waals surface area contributed by atoms with Crippen LogP contribution in [0.2, 0.25) is 0 Å². The minimum Gasteiger partial charge on any atom is -0.380 e. The van der Waals surface area contributed by atoms with E-state index in [0.29, 0.717) is 12.1 Å². The van der Waals surface area contributed by atoms with Crippen LogP contribution in [0.25, 0.3) is 0 Å². The highest BCUT2D eigenvalue weighted by atomic mass is 16.5. The normalized spacial score (nSPS) is 28.8. The van der Waals surface area contributed by atoms with Gasteiger partial charge in [0, 0.05) is 26.2 Å². The molecule has 3 heteroatoms. The van der Waals surface area contributed by atoms with Crippen molar-refractivity contribution in [1.29, 1.82) is 0 Å². The summed E-state index contributed by atoms with van der Waals surface area (Å²) in [4.78, 5) is 2.41. The van der Waals surface area contributed by atoms with Crippen LogP contribution < -0.4 is 5.73 Å². The maximum atomic E-state index is 5.61. The van der Waals surface area contributed by atoms with E-state index in [-0.39, 0.29) is 0 Å². The first-order valence-corrected chi connectivity index (χ1v) is 4.74. The lowest BCUT2D eigenvalue weighted by atomic mass is 10.1. The second-order valence-electron chi connectivity index (χ2n) is 3.58. The van der Waals surface area contributed by atoms with Gasteiger partial charge in [-0.15, -0.1) is 0 Å². The van der Waals surface area contributed by atoms with Gasteiger partial charge >= 0.3 is 0 Å². The Morgan fingerprint density at radius 1 is 1.67 bits per heavy atom. The third-order valence-corrected chi connectivity index (χ3v) is 2.71. The molecule has 1 aliphatic heterocycles. The van der Waals surface area contributed by atoms with E-state index in [1.54, 1.807) is 7.11 Å². The summed E-state index contributed by atoms with van der Waals surface area (Å²) >= 11 is 0. The summed E-state index contributed by atoms with van der Waals surface area (Å²) in [7, 11) is 1.79. The largest absolute Gasteiger partial charge is 0.380 e. The molecule has 0 aromatic heterocycles. The Bertz CT molecular complexity index is 128. The van der Waals surface area contributed by atoms with Crippen molar-refractivity contribution < 1.29 is 4.74 Å². The summed E-state index contributed by atoms with van der Waals surface area (Å²) in [5, 5.41) is 0. The number of ether oxygens (including phenoxy) is 1. The van der Waals surface area contributed by atoms with Crippen LogP contribution in [0.4, 0.5) is 0 Å². The van der Waals surface area contributed by atoms with Gasteiger partial charge in [0.15, 0.2) is 0 Å². The first-order chi connectivity index (χ1) is 5.77. The number of piperidine rings is 1. The van der Waals surface area contributed by atoms with Gasteiger partial charge in [0.25, 0.3) is 0 Å². The molecule has 1 fully saturated rings.